The van der Waals surface area contributed by atoms with Gasteiger partial charge in [0.25, 0.3) is 5.91 Å². The molecular formula is C25H14Cl5F4N3O3. The van der Waals surface area contributed by atoms with Crippen LogP contribution in [0, 0.1) is 29.2 Å². The molecule has 1 aliphatic rings. The number of hydrogen-bond donors (Lipinski definition) is 3. The summed E-state index contributed by atoms with van der Waals surface area (Å²) in [5.74, 6) is -10.7. The van der Waals surface area contributed by atoms with Crippen LogP contribution < -0.4 is 16.0 Å². The quantitative estimate of drug-likeness (QED) is 0.143. The maximum absolute atomic E-state index is 14.7. The Bertz CT molecular complexity index is 1560. The molecule has 3 aromatic rings. The summed E-state index contributed by atoms with van der Waals surface area (Å²) >= 11 is 30.7. The van der Waals surface area contributed by atoms with Crippen molar-refractivity contribution in [2.75, 3.05) is 16.0 Å². The molecule has 3 aromatic carbocycles. The zero-order valence-electron chi connectivity index (χ0n) is 19.7. The smallest absolute Gasteiger partial charge is 0.258 e. The van der Waals surface area contributed by atoms with Crippen molar-refractivity contribution in [3.63, 3.8) is 0 Å². The number of hydrogen-bond acceptors (Lipinski definition) is 3. The van der Waals surface area contributed by atoms with Gasteiger partial charge in [0.1, 0.15) is 15.8 Å². The average molecular weight is 658 g/mol. The minimum atomic E-state index is -1.66. The molecule has 4 rings (SSSR count). The number of anilines is 3. The van der Waals surface area contributed by atoms with E-state index in [1.165, 1.54) is 12.1 Å². The third-order valence-corrected chi connectivity index (χ3v) is 8.02. The van der Waals surface area contributed by atoms with Crippen LogP contribution in [0.25, 0.3) is 0 Å². The van der Waals surface area contributed by atoms with Gasteiger partial charge >= 0.3 is 0 Å². The third kappa shape index (κ3) is 5.82. The fourth-order valence-corrected chi connectivity index (χ4v) is 5.44. The predicted octanol–water partition coefficient (Wildman–Crippen LogP) is 7.94. The Hall–Kier alpha value is -2.76. The fourth-order valence-electron chi connectivity index (χ4n) is 4.00. The van der Waals surface area contributed by atoms with E-state index in [4.69, 9.17) is 58.0 Å². The molecule has 3 amide bonds. The van der Waals surface area contributed by atoms with E-state index in [9.17, 15) is 31.9 Å². The first-order chi connectivity index (χ1) is 18.6. The standard InChI is InChI=1S/C25H14Cl5F4N3O3/c1-8(38)35-16-3-2-14(31)22(21(16)34)37-23(39)11-6-10(7-15(32)20(11)33)36-24(40)18-17(25(18,29)30)9-4-12(26)19(28)13(27)5-9/h2-7,17-18H,1H3,(H,35,38)(H,36,40)(H,37,39)/t17-,18+/m0/s1. The van der Waals surface area contributed by atoms with Crippen molar-refractivity contribution < 1.29 is 31.9 Å². The number of halogens is 9. The average Bonchev–Trinajstić information content (AvgIpc) is 3.45. The zero-order valence-corrected chi connectivity index (χ0v) is 23.5. The van der Waals surface area contributed by atoms with Gasteiger partial charge in [0.2, 0.25) is 11.8 Å². The van der Waals surface area contributed by atoms with E-state index in [0.29, 0.717) is 11.6 Å². The van der Waals surface area contributed by atoms with Gasteiger partial charge in [0, 0.05) is 24.6 Å². The van der Waals surface area contributed by atoms with Gasteiger partial charge in [-0.05, 0) is 35.9 Å². The minimum Gasteiger partial charge on any atom is -0.326 e. The second-order valence-electron chi connectivity index (χ2n) is 8.66. The first-order valence-electron chi connectivity index (χ1n) is 11.0. The summed E-state index contributed by atoms with van der Waals surface area (Å²) in [6.07, 6.45) is 0. The highest BCUT2D eigenvalue weighted by Gasteiger charge is 2.67. The van der Waals surface area contributed by atoms with E-state index in [-0.39, 0.29) is 20.8 Å². The predicted molar refractivity (Wildman–Crippen MR) is 146 cm³/mol. The van der Waals surface area contributed by atoms with Gasteiger partial charge in [-0.2, -0.15) is 0 Å². The molecule has 210 valence electrons. The molecule has 1 saturated carbocycles. The number of alkyl halides is 2. The Balaban J connectivity index is 1.58. The minimum absolute atomic E-state index is 0.0812. The van der Waals surface area contributed by atoms with E-state index in [0.717, 1.165) is 25.1 Å². The van der Waals surface area contributed by atoms with Crippen molar-refractivity contribution in [2.24, 2.45) is 5.92 Å². The molecule has 1 fully saturated rings. The van der Waals surface area contributed by atoms with E-state index in [2.05, 4.69) is 10.6 Å². The number of amides is 3. The second kappa shape index (κ2) is 11.3. The Morgan fingerprint density at radius 3 is 2.05 bits per heavy atom. The van der Waals surface area contributed by atoms with Gasteiger partial charge < -0.3 is 16.0 Å². The molecule has 1 aliphatic carbocycles. The molecule has 0 bridgehead atoms. The molecule has 0 spiro atoms. The normalized spacial score (nSPS) is 17.2. The van der Waals surface area contributed by atoms with Crippen molar-refractivity contribution in [2.45, 2.75) is 17.2 Å². The van der Waals surface area contributed by atoms with Crippen LogP contribution in [0.1, 0.15) is 28.8 Å². The molecule has 0 aliphatic heterocycles. The molecule has 6 nitrogen and oxygen atoms in total. The summed E-state index contributed by atoms with van der Waals surface area (Å²) < 4.78 is 56.2. The van der Waals surface area contributed by atoms with Crippen LogP contribution in [0.4, 0.5) is 34.6 Å². The first kappa shape index (κ1) is 30.2. The maximum atomic E-state index is 14.7. The molecule has 0 saturated heterocycles. The number of rotatable bonds is 6. The molecule has 15 heteroatoms. The van der Waals surface area contributed by atoms with Crippen molar-refractivity contribution in [3.05, 3.63) is 85.9 Å². The Kier molecular flexibility index (Phi) is 8.50. The Morgan fingerprint density at radius 2 is 1.45 bits per heavy atom. The Labute approximate surface area is 248 Å². The van der Waals surface area contributed by atoms with E-state index in [1.54, 1.807) is 0 Å². The van der Waals surface area contributed by atoms with Crippen molar-refractivity contribution in [1.82, 2.24) is 0 Å². The summed E-state index contributed by atoms with van der Waals surface area (Å²) in [6.45, 7) is 1.07. The van der Waals surface area contributed by atoms with Crippen LogP contribution in [0.3, 0.4) is 0 Å². The lowest BCUT2D eigenvalue weighted by Crippen LogP contribution is -2.20. The van der Waals surface area contributed by atoms with Gasteiger partial charge in [-0.15, -0.1) is 23.2 Å². The fraction of sp³-hybridized carbons (Fsp3) is 0.160. The molecule has 2 atom stereocenters. The number of benzene rings is 3. The van der Waals surface area contributed by atoms with Crippen LogP contribution >= 0.6 is 58.0 Å². The number of carbonyl (C=O) groups excluding carboxylic acids is 3. The van der Waals surface area contributed by atoms with Crippen LogP contribution in [0.15, 0.2) is 36.4 Å². The lowest BCUT2D eigenvalue weighted by molar-refractivity contribution is -0.117. The van der Waals surface area contributed by atoms with E-state index < -0.39 is 74.1 Å². The molecule has 0 radical (unpaired) electrons. The molecule has 0 heterocycles. The van der Waals surface area contributed by atoms with Gasteiger partial charge in [-0.25, -0.2) is 17.6 Å². The molecule has 0 unspecified atom stereocenters. The van der Waals surface area contributed by atoms with E-state index in [1.807, 2.05) is 5.32 Å². The largest absolute Gasteiger partial charge is 0.326 e. The Morgan fingerprint density at radius 1 is 0.825 bits per heavy atom. The monoisotopic (exact) mass is 655 g/mol. The number of nitrogens with one attached hydrogen (secondary N) is 3. The summed E-state index contributed by atoms with van der Waals surface area (Å²) in [5, 5.41) is 6.46. The molecule has 3 N–H and O–H groups in total. The maximum Gasteiger partial charge on any atom is 0.258 e. The third-order valence-electron chi connectivity index (χ3n) is 5.88. The van der Waals surface area contributed by atoms with Crippen LogP contribution in [0.5, 0.6) is 0 Å². The zero-order chi connectivity index (χ0) is 29.7. The molecule has 40 heavy (non-hydrogen) atoms. The van der Waals surface area contributed by atoms with Gasteiger partial charge in [-0.3, -0.25) is 14.4 Å². The van der Waals surface area contributed by atoms with Crippen molar-refractivity contribution >= 4 is 92.8 Å². The van der Waals surface area contributed by atoms with Crippen molar-refractivity contribution in [1.29, 1.82) is 0 Å². The van der Waals surface area contributed by atoms with Crippen LogP contribution in [-0.2, 0) is 9.59 Å². The molecular weight excluding hydrogens is 644 g/mol. The lowest BCUT2D eigenvalue weighted by Gasteiger charge is -2.13. The van der Waals surface area contributed by atoms with Gasteiger partial charge in [0.15, 0.2) is 17.5 Å². The highest BCUT2D eigenvalue weighted by Crippen LogP contribution is 2.65. The molecule has 0 aromatic heterocycles. The van der Waals surface area contributed by atoms with Gasteiger partial charge in [0.05, 0.1) is 32.2 Å². The van der Waals surface area contributed by atoms with Crippen LogP contribution in [-0.4, -0.2) is 22.1 Å². The summed E-state index contributed by atoms with van der Waals surface area (Å²) in [5.41, 5.74) is -2.49. The number of carbonyl (C=O) groups is 3. The highest BCUT2D eigenvalue weighted by atomic mass is 35.5. The van der Waals surface area contributed by atoms with Crippen molar-refractivity contribution in [3.8, 4) is 0 Å². The highest BCUT2D eigenvalue weighted by molar-refractivity contribution is 6.54. The van der Waals surface area contributed by atoms with E-state index >= 15 is 0 Å². The van der Waals surface area contributed by atoms with Gasteiger partial charge in [-0.1, -0.05) is 34.8 Å². The first-order valence-corrected chi connectivity index (χ1v) is 12.9. The topological polar surface area (TPSA) is 87.3 Å². The summed E-state index contributed by atoms with van der Waals surface area (Å²) in [7, 11) is 0. The summed E-state index contributed by atoms with van der Waals surface area (Å²) in [6, 6.07) is 5.83. The SMILES string of the molecule is CC(=O)Nc1ccc(F)c(NC(=O)c2cc(NC(=O)[C@H]3[C@H](c4cc(Cl)c(Cl)c(Cl)c4)C3(Cl)Cl)cc(F)c2F)c1F. The second-order valence-corrected chi connectivity index (χ2v) is 11.3. The lowest BCUT2D eigenvalue weighted by atomic mass is 10.1. The summed E-state index contributed by atoms with van der Waals surface area (Å²) in [4.78, 5) is 36.9. The van der Waals surface area contributed by atoms with Crippen LogP contribution in [0.2, 0.25) is 15.1 Å².